The van der Waals surface area contributed by atoms with E-state index in [2.05, 4.69) is 17.9 Å². The van der Waals surface area contributed by atoms with Crippen LogP contribution in [-0.4, -0.2) is 34.7 Å². The van der Waals surface area contributed by atoms with Crippen molar-refractivity contribution in [1.29, 1.82) is 0 Å². The van der Waals surface area contributed by atoms with E-state index in [1.807, 2.05) is 0 Å². The molecule has 0 heterocycles. The van der Waals surface area contributed by atoms with Gasteiger partial charge in [-0.1, -0.05) is 0 Å². The summed E-state index contributed by atoms with van der Waals surface area (Å²) in [4.78, 5) is 11.2. The molecule has 14 heavy (non-hydrogen) atoms. The van der Waals surface area contributed by atoms with Crippen molar-refractivity contribution in [3.8, 4) is 0 Å². The zero-order valence-corrected chi connectivity index (χ0v) is 9.97. The van der Waals surface area contributed by atoms with Crippen LogP contribution in [0.2, 0.25) is 0 Å². The molecule has 0 fully saturated rings. The van der Waals surface area contributed by atoms with Crippen LogP contribution in [0.1, 0.15) is 27.7 Å². The maximum atomic E-state index is 11.2. The molecule has 5 heteroatoms. The molecule has 0 saturated carbocycles. The van der Waals surface area contributed by atoms with Crippen LogP contribution in [0, 0.1) is 0 Å². The number of rotatable bonds is 3. The van der Waals surface area contributed by atoms with Gasteiger partial charge in [-0.3, -0.25) is 0 Å². The average molecular weight is 221 g/mol. The quantitative estimate of drug-likeness (QED) is 0.627. The molecule has 84 valence electrons. The van der Waals surface area contributed by atoms with Crippen molar-refractivity contribution in [3.63, 3.8) is 0 Å². The van der Waals surface area contributed by atoms with E-state index in [1.165, 1.54) is 0 Å². The molecule has 0 aromatic carbocycles. The van der Waals surface area contributed by atoms with E-state index in [1.54, 1.807) is 27.7 Å². The molecular weight excluding hydrogens is 202 g/mol. The number of amides is 1. The number of hydrogen-bond acceptors (Lipinski definition) is 4. The van der Waals surface area contributed by atoms with Gasteiger partial charge in [-0.05, 0) is 27.7 Å². The molecular formula is C9H19NO3S. The minimum atomic E-state index is -0.661. The molecule has 0 aliphatic carbocycles. The number of aliphatic hydroxyl groups excluding tert-OH is 1. The second-order valence-corrected chi connectivity index (χ2v) is 4.55. The molecule has 0 aliphatic rings. The molecule has 0 radical (unpaired) electrons. The van der Waals surface area contributed by atoms with Gasteiger partial charge < -0.3 is 15.2 Å². The Morgan fingerprint density at radius 3 is 2.43 bits per heavy atom. The second kappa shape index (κ2) is 5.46. The van der Waals surface area contributed by atoms with E-state index in [9.17, 15) is 9.90 Å². The molecule has 1 amide bonds. The Morgan fingerprint density at radius 2 is 2.07 bits per heavy atom. The molecule has 0 rings (SSSR count). The number of hydrogen-bond donors (Lipinski definition) is 3. The summed E-state index contributed by atoms with van der Waals surface area (Å²) in [5.41, 5.74) is -0.518. The summed E-state index contributed by atoms with van der Waals surface area (Å²) in [7, 11) is 0. The van der Waals surface area contributed by atoms with E-state index >= 15 is 0 Å². The third-order valence-electron chi connectivity index (χ3n) is 1.51. The summed E-state index contributed by atoms with van der Waals surface area (Å²) in [6.07, 6.45) is -1.18. The molecule has 2 atom stereocenters. The summed E-state index contributed by atoms with van der Waals surface area (Å²) < 4.78 is 5.02. The maximum Gasteiger partial charge on any atom is 0.407 e. The lowest BCUT2D eigenvalue weighted by molar-refractivity contribution is 0.0453. The van der Waals surface area contributed by atoms with E-state index in [-0.39, 0.29) is 6.04 Å². The predicted octanol–water partition coefficient (Wildman–Crippen LogP) is 1.19. The average Bonchev–Trinajstić information content (AvgIpc) is 1.99. The highest BCUT2D eigenvalue weighted by molar-refractivity contribution is 7.80. The highest BCUT2D eigenvalue weighted by Crippen LogP contribution is 2.07. The minimum absolute atomic E-state index is 0.303. The number of nitrogens with one attached hydrogen (secondary N) is 1. The van der Waals surface area contributed by atoms with Gasteiger partial charge in [0.2, 0.25) is 0 Å². The topological polar surface area (TPSA) is 58.6 Å². The summed E-state index contributed by atoms with van der Waals surface area (Å²) >= 11 is 3.92. The van der Waals surface area contributed by atoms with E-state index in [4.69, 9.17) is 4.74 Å². The van der Waals surface area contributed by atoms with Gasteiger partial charge in [-0.25, -0.2) is 4.79 Å². The van der Waals surface area contributed by atoms with Crippen LogP contribution in [0.15, 0.2) is 0 Å². The second-order valence-electron chi connectivity index (χ2n) is 4.18. The molecule has 0 spiro atoms. The van der Waals surface area contributed by atoms with E-state index in [0.29, 0.717) is 5.75 Å². The third-order valence-corrected chi connectivity index (χ3v) is 1.88. The predicted molar refractivity (Wildman–Crippen MR) is 58.7 cm³/mol. The van der Waals surface area contributed by atoms with Crippen molar-refractivity contribution in [2.75, 3.05) is 5.75 Å². The minimum Gasteiger partial charge on any atom is -0.444 e. The third kappa shape index (κ3) is 6.10. The fourth-order valence-electron chi connectivity index (χ4n) is 0.748. The van der Waals surface area contributed by atoms with Crippen molar-refractivity contribution < 1.29 is 14.6 Å². The number of carbonyl (C=O) groups is 1. The van der Waals surface area contributed by atoms with Crippen LogP contribution >= 0.6 is 12.6 Å². The standard InChI is InChI=1S/C9H19NO3S/c1-6(7(11)5-14)10-8(12)13-9(2,3)4/h6-7,11,14H,5H2,1-4H3,(H,10,12)/t6-,7+/m0/s1. The Labute approximate surface area is 90.4 Å². The fourth-order valence-corrected chi connectivity index (χ4v) is 1.06. The summed E-state index contributed by atoms with van der Waals surface area (Å²) in [6, 6.07) is -0.359. The van der Waals surface area contributed by atoms with Crippen LogP contribution in [-0.2, 0) is 4.74 Å². The molecule has 0 bridgehead atoms. The fraction of sp³-hybridized carbons (Fsp3) is 0.889. The van der Waals surface area contributed by atoms with Gasteiger partial charge in [0.05, 0.1) is 12.1 Å². The van der Waals surface area contributed by atoms with Gasteiger partial charge in [-0.2, -0.15) is 12.6 Å². The first-order chi connectivity index (χ1) is 6.26. The van der Waals surface area contributed by atoms with Gasteiger partial charge in [0, 0.05) is 5.75 Å². The van der Waals surface area contributed by atoms with Crippen molar-refractivity contribution in [1.82, 2.24) is 5.32 Å². The Morgan fingerprint density at radius 1 is 1.57 bits per heavy atom. The molecule has 0 aromatic heterocycles. The molecule has 0 saturated heterocycles. The van der Waals surface area contributed by atoms with Crippen molar-refractivity contribution in [2.45, 2.75) is 45.4 Å². The molecule has 2 N–H and O–H groups in total. The first-order valence-electron chi connectivity index (χ1n) is 4.54. The highest BCUT2D eigenvalue weighted by Gasteiger charge is 2.20. The monoisotopic (exact) mass is 221 g/mol. The maximum absolute atomic E-state index is 11.2. The van der Waals surface area contributed by atoms with Crippen LogP contribution < -0.4 is 5.32 Å². The zero-order chi connectivity index (χ0) is 11.4. The summed E-state index contributed by atoms with van der Waals surface area (Å²) in [5, 5.41) is 11.9. The van der Waals surface area contributed by atoms with Crippen molar-refractivity contribution in [2.24, 2.45) is 0 Å². The normalized spacial score (nSPS) is 15.9. The lowest BCUT2D eigenvalue weighted by Gasteiger charge is -2.23. The van der Waals surface area contributed by atoms with Gasteiger partial charge in [0.25, 0.3) is 0 Å². The largest absolute Gasteiger partial charge is 0.444 e. The Bertz CT molecular complexity index is 191. The lowest BCUT2D eigenvalue weighted by Crippen LogP contribution is -2.44. The summed E-state index contributed by atoms with van der Waals surface area (Å²) in [5.74, 6) is 0.303. The zero-order valence-electron chi connectivity index (χ0n) is 9.07. The van der Waals surface area contributed by atoms with Gasteiger partial charge in [-0.15, -0.1) is 0 Å². The Balaban J connectivity index is 3.95. The number of aliphatic hydroxyl groups is 1. The van der Waals surface area contributed by atoms with Crippen molar-refractivity contribution >= 4 is 18.7 Å². The lowest BCUT2D eigenvalue weighted by atomic mass is 10.2. The number of carbonyl (C=O) groups excluding carboxylic acids is 1. The first kappa shape index (κ1) is 13.6. The number of ether oxygens (including phenoxy) is 1. The van der Waals surface area contributed by atoms with E-state index < -0.39 is 17.8 Å². The number of alkyl carbamates (subject to hydrolysis) is 1. The van der Waals surface area contributed by atoms with E-state index in [0.717, 1.165) is 0 Å². The van der Waals surface area contributed by atoms with Crippen LogP contribution in [0.4, 0.5) is 4.79 Å². The van der Waals surface area contributed by atoms with Gasteiger partial charge in [0.15, 0.2) is 0 Å². The molecule has 0 aromatic rings. The first-order valence-corrected chi connectivity index (χ1v) is 5.18. The highest BCUT2D eigenvalue weighted by atomic mass is 32.1. The van der Waals surface area contributed by atoms with Crippen molar-refractivity contribution in [3.05, 3.63) is 0 Å². The smallest absolute Gasteiger partial charge is 0.407 e. The van der Waals surface area contributed by atoms with Gasteiger partial charge in [0.1, 0.15) is 5.60 Å². The molecule has 0 aliphatic heterocycles. The SMILES string of the molecule is C[C@H](NC(=O)OC(C)(C)C)[C@H](O)CS. The van der Waals surface area contributed by atoms with Crippen LogP contribution in [0.3, 0.4) is 0 Å². The van der Waals surface area contributed by atoms with Crippen LogP contribution in [0.5, 0.6) is 0 Å². The summed E-state index contributed by atoms with van der Waals surface area (Å²) in [6.45, 7) is 7.05. The molecule has 0 unspecified atom stereocenters. The number of thiol groups is 1. The Hall–Kier alpha value is -0.420. The van der Waals surface area contributed by atoms with Gasteiger partial charge >= 0.3 is 6.09 Å². The Kier molecular flexibility index (Phi) is 5.29. The molecule has 4 nitrogen and oxygen atoms in total. The van der Waals surface area contributed by atoms with Crippen LogP contribution in [0.25, 0.3) is 0 Å².